The van der Waals surface area contributed by atoms with E-state index in [2.05, 4.69) is 24.9 Å². The first-order valence-electron chi connectivity index (χ1n) is 12.4. The quantitative estimate of drug-likeness (QED) is 0.300. The monoisotopic (exact) mass is 565 g/mol. The van der Waals surface area contributed by atoms with Gasteiger partial charge in [0.1, 0.15) is 22.8 Å². The van der Waals surface area contributed by atoms with Crippen molar-refractivity contribution in [2.75, 3.05) is 23.7 Å². The van der Waals surface area contributed by atoms with Gasteiger partial charge in [-0.15, -0.1) is 0 Å². The first kappa shape index (κ1) is 26.0. The molecule has 0 aliphatic carbocycles. The number of hydrogen-bond acceptors (Lipinski definition) is 8. The Morgan fingerprint density at radius 1 is 0.975 bits per heavy atom. The maximum atomic E-state index is 14.8. The summed E-state index contributed by atoms with van der Waals surface area (Å²) in [5, 5.41) is 0.157. The molecule has 4 N–H and O–H groups in total. The van der Waals surface area contributed by atoms with Crippen molar-refractivity contribution >= 4 is 34.3 Å². The lowest BCUT2D eigenvalue weighted by molar-refractivity contribution is 0.331. The number of benzene rings is 1. The maximum Gasteiger partial charge on any atom is 0.165 e. The normalized spacial score (nSPS) is 17.5. The molecule has 9 nitrogen and oxygen atoms in total. The predicted octanol–water partition coefficient (Wildman–Crippen LogP) is 4.44. The van der Waals surface area contributed by atoms with Crippen LogP contribution in [0.5, 0.6) is 0 Å². The van der Waals surface area contributed by atoms with Gasteiger partial charge in [0.25, 0.3) is 0 Å². The lowest BCUT2D eigenvalue weighted by Gasteiger charge is -2.41. The highest BCUT2D eigenvalue weighted by Crippen LogP contribution is 2.35. The van der Waals surface area contributed by atoms with E-state index in [1.54, 1.807) is 23.2 Å². The van der Waals surface area contributed by atoms with E-state index in [9.17, 15) is 13.2 Å². The number of nitrogens with two attached hydrogens (primary N) is 2. The Kier molecular flexibility index (Phi) is 6.51. The van der Waals surface area contributed by atoms with Crippen molar-refractivity contribution < 1.29 is 13.2 Å². The van der Waals surface area contributed by atoms with E-state index in [1.807, 2.05) is 4.90 Å². The highest BCUT2D eigenvalue weighted by atomic mass is 35.5. The van der Waals surface area contributed by atoms with Crippen LogP contribution < -0.4 is 16.4 Å². The van der Waals surface area contributed by atoms with Crippen LogP contribution in [0.3, 0.4) is 0 Å². The van der Waals surface area contributed by atoms with Gasteiger partial charge in [-0.2, -0.15) is 0 Å². The molecule has 1 aliphatic rings. The van der Waals surface area contributed by atoms with Crippen LogP contribution in [0.15, 0.2) is 55.2 Å². The van der Waals surface area contributed by atoms with Crippen LogP contribution in [0.25, 0.3) is 22.4 Å². The maximum absolute atomic E-state index is 14.8. The first-order valence-corrected chi connectivity index (χ1v) is 12.8. The molecule has 6 rings (SSSR count). The first-order chi connectivity index (χ1) is 19.2. The summed E-state index contributed by atoms with van der Waals surface area (Å²) in [5.41, 5.74) is 15.1. The second-order valence-corrected chi connectivity index (χ2v) is 10.2. The molecule has 5 heterocycles. The zero-order chi connectivity index (χ0) is 28.0. The van der Waals surface area contributed by atoms with Crippen molar-refractivity contribution in [3.05, 3.63) is 89.1 Å². The average molecular weight is 566 g/mol. The van der Waals surface area contributed by atoms with Gasteiger partial charge < -0.3 is 20.9 Å². The van der Waals surface area contributed by atoms with Gasteiger partial charge in [-0.3, -0.25) is 4.98 Å². The van der Waals surface area contributed by atoms with E-state index in [4.69, 9.17) is 23.1 Å². The largest absolute Gasteiger partial charge is 0.382 e. The molecule has 0 amide bonds. The minimum atomic E-state index is -1.10. The summed E-state index contributed by atoms with van der Waals surface area (Å²) < 4.78 is 44.3. The van der Waals surface area contributed by atoms with Crippen molar-refractivity contribution in [3.8, 4) is 11.3 Å². The Morgan fingerprint density at radius 3 is 2.62 bits per heavy atom. The number of piperidine rings is 1. The molecule has 5 aromatic rings. The van der Waals surface area contributed by atoms with E-state index in [0.29, 0.717) is 48.4 Å². The molecule has 0 radical (unpaired) electrons. The number of aromatic nitrogens is 6. The highest BCUT2D eigenvalue weighted by molar-refractivity contribution is 6.29. The van der Waals surface area contributed by atoms with Gasteiger partial charge in [0.05, 0.1) is 41.7 Å². The summed E-state index contributed by atoms with van der Waals surface area (Å²) in [6.45, 7) is 1.16. The minimum absolute atomic E-state index is 0.102. The molecular weight excluding hydrogens is 543 g/mol. The number of pyridine rings is 2. The summed E-state index contributed by atoms with van der Waals surface area (Å²) in [4.78, 5) is 23.5. The summed E-state index contributed by atoms with van der Waals surface area (Å²) in [7, 11) is 0. The van der Waals surface area contributed by atoms with E-state index in [1.165, 1.54) is 24.5 Å². The zero-order valence-electron chi connectivity index (χ0n) is 21.0. The van der Waals surface area contributed by atoms with E-state index >= 15 is 0 Å². The Labute approximate surface area is 231 Å². The molecular formula is C27H23ClF3N9. The number of hydrogen-bond donors (Lipinski definition) is 2. The zero-order valence-corrected chi connectivity index (χ0v) is 21.8. The van der Waals surface area contributed by atoms with Crippen molar-refractivity contribution in [1.82, 2.24) is 29.5 Å². The smallest absolute Gasteiger partial charge is 0.165 e. The van der Waals surface area contributed by atoms with Gasteiger partial charge >= 0.3 is 0 Å². The fraction of sp³-hybridized carbons (Fsp3) is 0.222. The molecule has 4 aromatic heterocycles. The van der Waals surface area contributed by atoms with Gasteiger partial charge in [0.15, 0.2) is 23.1 Å². The third kappa shape index (κ3) is 4.69. The van der Waals surface area contributed by atoms with Crippen molar-refractivity contribution in [2.24, 2.45) is 5.73 Å². The number of anilines is 2. The molecule has 0 bridgehead atoms. The van der Waals surface area contributed by atoms with Crippen LogP contribution in [0.4, 0.5) is 24.7 Å². The van der Waals surface area contributed by atoms with Gasteiger partial charge in [-0.05, 0) is 54.8 Å². The van der Waals surface area contributed by atoms with Gasteiger partial charge in [-0.25, -0.2) is 33.1 Å². The van der Waals surface area contributed by atoms with Crippen molar-refractivity contribution in [3.63, 3.8) is 0 Å². The third-order valence-electron chi connectivity index (χ3n) is 7.10. The van der Waals surface area contributed by atoms with E-state index in [-0.39, 0.29) is 23.2 Å². The Hall–Kier alpha value is -4.29. The molecule has 13 heteroatoms. The summed E-state index contributed by atoms with van der Waals surface area (Å²) in [6, 6.07) is 8.06. The highest BCUT2D eigenvalue weighted by Gasteiger charge is 2.38. The summed E-state index contributed by atoms with van der Waals surface area (Å²) in [5.74, 6) is -2.20. The fourth-order valence-electron chi connectivity index (χ4n) is 5.16. The van der Waals surface area contributed by atoms with Crippen LogP contribution in [0, 0.1) is 17.5 Å². The molecule has 0 unspecified atom stereocenters. The average Bonchev–Trinajstić information content (AvgIpc) is 3.35. The number of halogens is 4. The molecule has 1 aliphatic heterocycles. The van der Waals surface area contributed by atoms with Crippen LogP contribution in [0.1, 0.15) is 24.1 Å². The molecule has 0 spiro atoms. The molecule has 0 saturated carbocycles. The topological polar surface area (TPSA) is 125 Å². The number of fused-ring (bicyclic) bond motifs is 1. The second-order valence-electron chi connectivity index (χ2n) is 9.78. The second kappa shape index (κ2) is 10.0. The minimum Gasteiger partial charge on any atom is -0.382 e. The van der Waals surface area contributed by atoms with E-state index < -0.39 is 23.0 Å². The molecule has 1 aromatic carbocycles. The molecule has 1 atom stereocenters. The summed E-state index contributed by atoms with van der Waals surface area (Å²) >= 11 is 6.08. The number of rotatable bonds is 5. The van der Waals surface area contributed by atoms with Crippen LogP contribution >= 0.6 is 11.6 Å². The van der Waals surface area contributed by atoms with E-state index in [0.717, 1.165) is 23.4 Å². The van der Waals surface area contributed by atoms with Crippen molar-refractivity contribution in [2.45, 2.75) is 24.9 Å². The molecule has 1 saturated heterocycles. The summed E-state index contributed by atoms with van der Waals surface area (Å²) in [6.07, 6.45) is 5.78. The van der Waals surface area contributed by atoms with Gasteiger partial charge in [0.2, 0.25) is 0 Å². The lowest BCUT2D eigenvalue weighted by Crippen LogP contribution is -2.53. The number of nitrogen functional groups attached to an aromatic ring is 1. The fourth-order valence-corrected chi connectivity index (χ4v) is 5.31. The standard InChI is InChI=1S/C27H23ClF3N9/c28-22-5-4-18(30)24(38-22)27(33)6-1-7-39(12-27)21-10-34-20(15-2-3-17(29)19(31)8-15)9-16(21)11-40-14-37-23-25(32)35-13-36-26(23)40/h2-5,8-10,13-14H,1,6-7,11-12,33H2,(H2,32,35,36)/t27-/m1/s1. The molecule has 1 fully saturated rings. The van der Waals surface area contributed by atoms with Gasteiger partial charge in [0, 0.05) is 18.7 Å². The molecule has 40 heavy (non-hydrogen) atoms. The SMILES string of the molecule is Nc1ncnc2c1ncn2Cc1cc(-c2ccc(F)c(F)c2)ncc1N1CCC[C@](N)(c2nc(Cl)ccc2F)C1. The Bertz CT molecular complexity index is 1740. The lowest BCUT2D eigenvalue weighted by atomic mass is 9.85. The Morgan fingerprint density at radius 2 is 1.80 bits per heavy atom. The van der Waals surface area contributed by atoms with Crippen molar-refractivity contribution in [1.29, 1.82) is 0 Å². The van der Waals surface area contributed by atoms with Crippen LogP contribution in [0.2, 0.25) is 5.15 Å². The predicted molar refractivity (Wildman–Crippen MR) is 145 cm³/mol. The van der Waals surface area contributed by atoms with Gasteiger partial charge in [-0.1, -0.05) is 11.6 Å². The Balaban J connectivity index is 1.43. The van der Waals surface area contributed by atoms with Crippen LogP contribution in [-0.2, 0) is 12.1 Å². The van der Waals surface area contributed by atoms with Crippen LogP contribution in [-0.4, -0.2) is 42.6 Å². The molecule has 204 valence electrons. The number of imidazole rings is 1. The number of nitrogens with zero attached hydrogens (tertiary/aromatic N) is 7. The third-order valence-corrected chi connectivity index (χ3v) is 7.31.